The molecule has 0 aromatic heterocycles. The van der Waals surface area contributed by atoms with Gasteiger partial charge in [0.2, 0.25) is 0 Å². The van der Waals surface area contributed by atoms with Gasteiger partial charge in [-0.25, -0.2) is 0 Å². The van der Waals surface area contributed by atoms with Crippen LogP contribution in [0.15, 0.2) is 18.2 Å². The Hall–Kier alpha value is -2.44. The highest BCUT2D eigenvalue weighted by Gasteiger charge is 2.16. The van der Waals surface area contributed by atoms with Crippen molar-refractivity contribution in [2.45, 2.75) is 19.8 Å². The van der Waals surface area contributed by atoms with Gasteiger partial charge < -0.3 is 9.47 Å². The third-order valence-corrected chi connectivity index (χ3v) is 2.40. The van der Waals surface area contributed by atoms with E-state index in [2.05, 4.69) is 0 Å². The lowest BCUT2D eigenvalue weighted by molar-refractivity contribution is -0.385. The fourth-order valence-electron chi connectivity index (χ4n) is 1.50. The smallest absolute Gasteiger partial charge is 0.311 e. The summed E-state index contributed by atoms with van der Waals surface area (Å²) in [4.78, 5) is 31.9. The summed E-state index contributed by atoms with van der Waals surface area (Å²) in [7, 11) is 0. The number of hydrogen-bond donors (Lipinski definition) is 0. The molecule has 0 aliphatic carbocycles. The zero-order valence-corrected chi connectivity index (χ0v) is 11.0. The number of nitrogens with zero attached hydrogens (tertiary/aromatic N) is 1. The number of benzene rings is 1. The topological polar surface area (TPSA) is 95.7 Å². The van der Waals surface area contributed by atoms with Gasteiger partial charge in [-0.05, 0) is 25.5 Å². The maximum atomic E-state index is 11.1. The zero-order chi connectivity index (χ0) is 15.0. The Bertz CT molecular complexity index is 500. The minimum Gasteiger partial charge on any atom is -0.487 e. The van der Waals surface area contributed by atoms with Crippen LogP contribution >= 0.6 is 0 Å². The largest absolute Gasteiger partial charge is 0.487 e. The van der Waals surface area contributed by atoms with Crippen LogP contribution in [-0.4, -0.2) is 30.4 Å². The van der Waals surface area contributed by atoms with E-state index in [1.165, 1.54) is 12.1 Å². The first-order valence-electron chi connectivity index (χ1n) is 6.10. The molecule has 0 unspecified atom stereocenters. The standard InChI is InChI=1S/C13H15NO6/c1-2-19-13(16)4-3-7-20-12-6-5-10(9-15)8-11(12)14(17)18/h5-6,8-9H,2-4,7H2,1H3. The van der Waals surface area contributed by atoms with Gasteiger partial charge in [0.25, 0.3) is 0 Å². The summed E-state index contributed by atoms with van der Waals surface area (Å²) in [6.45, 7) is 2.19. The molecule has 0 saturated carbocycles. The summed E-state index contributed by atoms with van der Waals surface area (Å²) in [5.74, 6) is -0.258. The summed E-state index contributed by atoms with van der Waals surface area (Å²) in [5.41, 5.74) is -0.0682. The fraction of sp³-hybridized carbons (Fsp3) is 0.385. The Labute approximate surface area is 115 Å². The van der Waals surface area contributed by atoms with Crippen LogP contribution in [-0.2, 0) is 9.53 Å². The summed E-state index contributed by atoms with van der Waals surface area (Å²) in [5, 5.41) is 10.9. The van der Waals surface area contributed by atoms with Gasteiger partial charge in [0.1, 0.15) is 6.29 Å². The molecule has 0 aliphatic rings. The first-order chi connectivity index (χ1) is 9.58. The molecule has 0 aliphatic heterocycles. The maximum Gasteiger partial charge on any atom is 0.311 e. The lowest BCUT2D eigenvalue weighted by Crippen LogP contribution is -2.07. The van der Waals surface area contributed by atoms with Gasteiger partial charge in [-0.15, -0.1) is 0 Å². The van der Waals surface area contributed by atoms with E-state index < -0.39 is 4.92 Å². The number of esters is 1. The van der Waals surface area contributed by atoms with Crippen molar-refractivity contribution in [3.05, 3.63) is 33.9 Å². The molecule has 1 aromatic carbocycles. The molecule has 108 valence electrons. The predicted octanol–water partition coefficient (Wildman–Crippen LogP) is 2.13. The SMILES string of the molecule is CCOC(=O)CCCOc1ccc(C=O)cc1[N+](=O)[O-]. The molecule has 0 atom stereocenters. The Morgan fingerprint density at radius 2 is 2.20 bits per heavy atom. The van der Waals surface area contributed by atoms with Gasteiger partial charge in [-0.1, -0.05) is 0 Å². The van der Waals surface area contributed by atoms with Gasteiger partial charge in [0.15, 0.2) is 5.75 Å². The van der Waals surface area contributed by atoms with Crippen LogP contribution in [0.4, 0.5) is 5.69 Å². The van der Waals surface area contributed by atoms with E-state index in [4.69, 9.17) is 9.47 Å². The first-order valence-corrected chi connectivity index (χ1v) is 6.10. The normalized spacial score (nSPS) is 9.85. The van der Waals surface area contributed by atoms with Crippen LogP contribution in [0.1, 0.15) is 30.1 Å². The first kappa shape index (κ1) is 15.6. The number of nitro benzene ring substituents is 1. The molecule has 0 N–H and O–H groups in total. The van der Waals surface area contributed by atoms with Gasteiger partial charge in [0, 0.05) is 18.1 Å². The molecular formula is C13H15NO6. The number of nitro groups is 1. The highest BCUT2D eigenvalue weighted by atomic mass is 16.6. The van der Waals surface area contributed by atoms with Crippen molar-refractivity contribution in [1.82, 2.24) is 0 Å². The van der Waals surface area contributed by atoms with Crippen molar-refractivity contribution >= 4 is 17.9 Å². The molecule has 20 heavy (non-hydrogen) atoms. The van der Waals surface area contributed by atoms with Crippen LogP contribution < -0.4 is 4.74 Å². The molecule has 0 saturated heterocycles. The monoisotopic (exact) mass is 281 g/mol. The van der Waals surface area contributed by atoms with E-state index in [1.54, 1.807) is 6.92 Å². The lowest BCUT2D eigenvalue weighted by Gasteiger charge is -2.07. The average Bonchev–Trinajstić information content (AvgIpc) is 2.43. The van der Waals surface area contributed by atoms with Crippen LogP contribution in [0.3, 0.4) is 0 Å². The summed E-state index contributed by atoms with van der Waals surface area (Å²) >= 11 is 0. The molecule has 0 heterocycles. The van der Waals surface area contributed by atoms with Crippen LogP contribution in [0.2, 0.25) is 0 Å². The summed E-state index contributed by atoms with van der Waals surface area (Å²) in [6, 6.07) is 3.95. The number of aldehydes is 1. The molecule has 1 aromatic rings. The molecule has 0 radical (unpaired) electrons. The zero-order valence-electron chi connectivity index (χ0n) is 11.0. The molecule has 0 fully saturated rings. The van der Waals surface area contributed by atoms with Crippen LogP contribution in [0, 0.1) is 10.1 Å². The van der Waals surface area contributed by atoms with Crippen molar-refractivity contribution < 1.29 is 24.0 Å². The Kier molecular flexibility index (Phi) is 6.15. The quantitative estimate of drug-likeness (QED) is 0.238. The highest BCUT2D eigenvalue weighted by molar-refractivity contribution is 5.77. The van der Waals surface area contributed by atoms with Crippen molar-refractivity contribution in [2.75, 3.05) is 13.2 Å². The number of carbonyl (C=O) groups excluding carboxylic acids is 2. The second-order valence-electron chi connectivity index (χ2n) is 3.86. The number of carbonyl (C=O) groups is 2. The van der Waals surface area contributed by atoms with E-state index in [-0.39, 0.29) is 36.0 Å². The number of hydrogen-bond acceptors (Lipinski definition) is 6. The van der Waals surface area contributed by atoms with E-state index in [1.807, 2.05) is 0 Å². The van der Waals surface area contributed by atoms with Crippen molar-refractivity contribution in [3.63, 3.8) is 0 Å². The Morgan fingerprint density at radius 3 is 2.80 bits per heavy atom. The summed E-state index contributed by atoms with van der Waals surface area (Å²) in [6.07, 6.45) is 1.11. The molecule has 7 heteroatoms. The maximum absolute atomic E-state index is 11.1. The van der Waals surface area contributed by atoms with Crippen LogP contribution in [0.5, 0.6) is 5.75 Å². The number of ether oxygens (including phenoxy) is 2. The number of rotatable bonds is 8. The molecule has 0 amide bonds. The molecule has 1 rings (SSSR count). The molecule has 0 bridgehead atoms. The second kappa shape index (κ2) is 7.88. The highest BCUT2D eigenvalue weighted by Crippen LogP contribution is 2.27. The van der Waals surface area contributed by atoms with E-state index in [0.717, 1.165) is 6.07 Å². The minimum atomic E-state index is -0.617. The second-order valence-corrected chi connectivity index (χ2v) is 3.86. The molecule has 0 spiro atoms. The van der Waals surface area contributed by atoms with Crippen molar-refractivity contribution in [2.24, 2.45) is 0 Å². The van der Waals surface area contributed by atoms with Crippen molar-refractivity contribution in [3.8, 4) is 5.75 Å². The van der Waals surface area contributed by atoms with E-state index in [9.17, 15) is 19.7 Å². The minimum absolute atomic E-state index is 0.0736. The Balaban J connectivity index is 2.57. The Morgan fingerprint density at radius 1 is 1.45 bits per heavy atom. The average molecular weight is 281 g/mol. The van der Waals surface area contributed by atoms with Gasteiger partial charge in [0.05, 0.1) is 18.1 Å². The van der Waals surface area contributed by atoms with E-state index in [0.29, 0.717) is 19.3 Å². The van der Waals surface area contributed by atoms with Gasteiger partial charge in [-0.2, -0.15) is 0 Å². The predicted molar refractivity (Wildman–Crippen MR) is 69.8 cm³/mol. The third-order valence-electron chi connectivity index (χ3n) is 2.40. The third kappa shape index (κ3) is 4.68. The fourth-order valence-corrected chi connectivity index (χ4v) is 1.50. The van der Waals surface area contributed by atoms with E-state index >= 15 is 0 Å². The van der Waals surface area contributed by atoms with Gasteiger partial charge in [-0.3, -0.25) is 19.7 Å². The summed E-state index contributed by atoms with van der Waals surface area (Å²) < 4.78 is 10.0. The van der Waals surface area contributed by atoms with Crippen LogP contribution in [0.25, 0.3) is 0 Å². The molecule has 7 nitrogen and oxygen atoms in total. The van der Waals surface area contributed by atoms with Crippen molar-refractivity contribution in [1.29, 1.82) is 0 Å². The lowest BCUT2D eigenvalue weighted by atomic mass is 10.2. The van der Waals surface area contributed by atoms with Gasteiger partial charge >= 0.3 is 11.7 Å². The molecular weight excluding hydrogens is 266 g/mol.